The van der Waals surface area contributed by atoms with Crippen LogP contribution in [-0.4, -0.2) is 49.8 Å². The quantitative estimate of drug-likeness (QED) is 0.740. The van der Waals surface area contributed by atoms with Gasteiger partial charge in [0.15, 0.2) is 0 Å². The fourth-order valence-electron chi connectivity index (χ4n) is 2.40. The van der Waals surface area contributed by atoms with E-state index in [9.17, 15) is 0 Å². The van der Waals surface area contributed by atoms with Crippen LogP contribution in [0.5, 0.6) is 0 Å². The lowest BCUT2D eigenvalue weighted by Crippen LogP contribution is -2.52. The molecule has 0 radical (unpaired) electrons. The van der Waals surface area contributed by atoms with Crippen LogP contribution in [0.1, 0.15) is 40.5 Å². The van der Waals surface area contributed by atoms with E-state index in [1.165, 1.54) is 19.4 Å². The van der Waals surface area contributed by atoms with E-state index in [1.807, 2.05) is 0 Å². The van der Waals surface area contributed by atoms with E-state index in [2.05, 4.69) is 37.9 Å². The lowest BCUT2D eigenvalue weighted by atomic mass is 10.0. The average molecular weight is 242 g/mol. The van der Waals surface area contributed by atoms with Crippen molar-refractivity contribution in [1.29, 1.82) is 0 Å². The topological polar surface area (TPSA) is 24.5 Å². The maximum atomic E-state index is 5.56. The Hall–Kier alpha value is -0.120. The smallest absolute Gasteiger partial charge is 0.0622 e. The van der Waals surface area contributed by atoms with Crippen molar-refractivity contribution >= 4 is 0 Å². The fourth-order valence-corrected chi connectivity index (χ4v) is 2.40. The molecule has 1 heterocycles. The molecule has 2 unspecified atom stereocenters. The van der Waals surface area contributed by atoms with Crippen molar-refractivity contribution in [3.8, 4) is 0 Å². The van der Waals surface area contributed by atoms with Crippen molar-refractivity contribution in [1.82, 2.24) is 10.2 Å². The molecule has 1 rings (SSSR count). The Balaban J connectivity index is 2.45. The molecular formula is C14H30N2O. The van der Waals surface area contributed by atoms with Crippen molar-refractivity contribution in [2.45, 2.75) is 52.6 Å². The summed E-state index contributed by atoms with van der Waals surface area (Å²) in [7, 11) is 0. The molecule has 1 aliphatic heterocycles. The first-order chi connectivity index (χ1) is 8.19. The highest BCUT2D eigenvalue weighted by molar-refractivity contribution is 4.81. The monoisotopic (exact) mass is 242 g/mol. The van der Waals surface area contributed by atoms with E-state index in [4.69, 9.17) is 4.74 Å². The number of nitrogens with one attached hydrogen (secondary N) is 1. The summed E-state index contributed by atoms with van der Waals surface area (Å²) in [4.78, 5) is 2.61. The first-order valence-corrected chi connectivity index (χ1v) is 7.24. The number of ether oxygens (including phenoxy) is 1. The maximum Gasteiger partial charge on any atom is 0.0622 e. The Labute approximate surface area is 107 Å². The minimum atomic E-state index is 0.613. The molecule has 102 valence electrons. The number of hydrogen-bond acceptors (Lipinski definition) is 3. The third-order valence-corrected chi connectivity index (χ3v) is 3.71. The summed E-state index contributed by atoms with van der Waals surface area (Å²) >= 11 is 0. The van der Waals surface area contributed by atoms with Gasteiger partial charge in [-0.3, -0.25) is 4.90 Å². The zero-order valence-electron chi connectivity index (χ0n) is 12.0. The molecule has 0 amide bonds. The second-order valence-electron chi connectivity index (χ2n) is 5.44. The van der Waals surface area contributed by atoms with Gasteiger partial charge >= 0.3 is 0 Å². The van der Waals surface area contributed by atoms with Gasteiger partial charge in [-0.25, -0.2) is 0 Å². The molecule has 0 bridgehead atoms. The van der Waals surface area contributed by atoms with Gasteiger partial charge in [-0.2, -0.15) is 0 Å². The third kappa shape index (κ3) is 4.94. The molecule has 17 heavy (non-hydrogen) atoms. The Morgan fingerprint density at radius 1 is 1.35 bits per heavy atom. The third-order valence-electron chi connectivity index (χ3n) is 3.71. The Kier molecular flexibility index (Phi) is 7.09. The molecule has 0 aromatic heterocycles. The van der Waals surface area contributed by atoms with E-state index in [0.717, 1.165) is 26.3 Å². The van der Waals surface area contributed by atoms with E-state index in [1.54, 1.807) is 0 Å². The van der Waals surface area contributed by atoms with Crippen LogP contribution in [-0.2, 0) is 4.74 Å². The Morgan fingerprint density at radius 3 is 2.71 bits per heavy atom. The van der Waals surface area contributed by atoms with Gasteiger partial charge in [-0.15, -0.1) is 0 Å². The van der Waals surface area contributed by atoms with Gasteiger partial charge in [-0.05, 0) is 25.3 Å². The summed E-state index contributed by atoms with van der Waals surface area (Å²) in [6, 6.07) is 1.23. The van der Waals surface area contributed by atoms with E-state index >= 15 is 0 Å². The molecule has 1 saturated heterocycles. The molecular weight excluding hydrogens is 212 g/mol. The summed E-state index contributed by atoms with van der Waals surface area (Å²) < 4.78 is 5.56. The minimum Gasteiger partial charge on any atom is -0.378 e. The van der Waals surface area contributed by atoms with Gasteiger partial charge in [0, 0.05) is 25.2 Å². The maximum absolute atomic E-state index is 5.56. The molecule has 3 heteroatoms. The van der Waals surface area contributed by atoms with Crippen LogP contribution < -0.4 is 5.32 Å². The van der Waals surface area contributed by atoms with Crippen molar-refractivity contribution in [3.05, 3.63) is 0 Å². The van der Waals surface area contributed by atoms with E-state index in [-0.39, 0.29) is 0 Å². The van der Waals surface area contributed by atoms with Crippen molar-refractivity contribution in [3.63, 3.8) is 0 Å². The predicted octanol–water partition coefficient (Wildman–Crippen LogP) is 2.12. The van der Waals surface area contributed by atoms with E-state index in [0.29, 0.717) is 18.0 Å². The molecule has 2 atom stereocenters. The van der Waals surface area contributed by atoms with Crippen molar-refractivity contribution in [2.24, 2.45) is 5.92 Å². The Morgan fingerprint density at radius 2 is 2.12 bits per heavy atom. The molecule has 1 aliphatic rings. The number of hydrogen-bond donors (Lipinski definition) is 1. The number of morpholine rings is 1. The lowest BCUT2D eigenvalue weighted by Gasteiger charge is -2.38. The van der Waals surface area contributed by atoms with Gasteiger partial charge in [0.2, 0.25) is 0 Å². The van der Waals surface area contributed by atoms with Gasteiger partial charge in [-0.1, -0.05) is 27.7 Å². The predicted molar refractivity (Wildman–Crippen MR) is 73.4 cm³/mol. The highest BCUT2D eigenvalue weighted by Gasteiger charge is 2.25. The normalized spacial score (nSPS) is 24.2. The fraction of sp³-hybridized carbons (Fsp3) is 1.00. The number of rotatable bonds is 7. The summed E-state index contributed by atoms with van der Waals surface area (Å²) in [5.74, 6) is 0.696. The zero-order chi connectivity index (χ0) is 12.7. The largest absolute Gasteiger partial charge is 0.378 e. The van der Waals surface area contributed by atoms with Gasteiger partial charge in [0.05, 0.1) is 13.2 Å². The molecule has 3 nitrogen and oxygen atoms in total. The van der Waals surface area contributed by atoms with Crippen LogP contribution in [0.2, 0.25) is 0 Å². The summed E-state index contributed by atoms with van der Waals surface area (Å²) in [5, 5.41) is 3.68. The highest BCUT2D eigenvalue weighted by Crippen LogP contribution is 2.13. The van der Waals surface area contributed by atoms with Gasteiger partial charge in [0.25, 0.3) is 0 Å². The molecule has 0 aliphatic carbocycles. The standard InChI is InChI=1S/C14H30N2O/c1-5-7-15-14(12(3)4)10-16-8-9-17-11-13(16)6-2/h12-15H,5-11H2,1-4H3. The van der Waals surface area contributed by atoms with Crippen LogP contribution in [0, 0.1) is 5.92 Å². The SMILES string of the molecule is CCCNC(CN1CCOCC1CC)C(C)C. The van der Waals surface area contributed by atoms with Crippen LogP contribution >= 0.6 is 0 Å². The van der Waals surface area contributed by atoms with Gasteiger partial charge in [0.1, 0.15) is 0 Å². The summed E-state index contributed by atoms with van der Waals surface area (Å²) in [5.41, 5.74) is 0. The first kappa shape index (κ1) is 14.9. The molecule has 0 aromatic rings. The number of nitrogens with zero attached hydrogens (tertiary/aromatic N) is 1. The van der Waals surface area contributed by atoms with Crippen LogP contribution in [0.25, 0.3) is 0 Å². The lowest BCUT2D eigenvalue weighted by molar-refractivity contribution is -0.0147. The van der Waals surface area contributed by atoms with Crippen molar-refractivity contribution in [2.75, 3.05) is 32.8 Å². The molecule has 1 fully saturated rings. The molecule has 1 N–H and O–H groups in total. The first-order valence-electron chi connectivity index (χ1n) is 7.24. The van der Waals surface area contributed by atoms with Crippen LogP contribution in [0.15, 0.2) is 0 Å². The molecule has 0 aromatic carbocycles. The average Bonchev–Trinajstić information content (AvgIpc) is 2.34. The molecule has 0 saturated carbocycles. The molecule has 0 spiro atoms. The minimum absolute atomic E-state index is 0.613. The second kappa shape index (κ2) is 8.06. The van der Waals surface area contributed by atoms with Crippen LogP contribution in [0.4, 0.5) is 0 Å². The second-order valence-corrected chi connectivity index (χ2v) is 5.44. The summed E-state index contributed by atoms with van der Waals surface area (Å²) in [6.45, 7) is 14.3. The highest BCUT2D eigenvalue weighted by atomic mass is 16.5. The Bertz CT molecular complexity index is 197. The summed E-state index contributed by atoms with van der Waals surface area (Å²) in [6.07, 6.45) is 2.40. The zero-order valence-corrected chi connectivity index (χ0v) is 12.0. The van der Waals surface area contributed by atoms with Crippen molar-refractivity contribution < 1.29 is 4.74 Å². The van der Waals surface area contributed by atoms with Crippen LogP contribution in [0.3, 0.4) is 0 Å². The van der Waals surface area contributed by atoms with Gasteiger partial charge < -0.3 is 10.1 Å². The van der Waals surface area contributed by atoms with E-state index < -0.39 is 0 Å².